The summed E-state index contributed by atoms with van der Waals surface area (Å²) in [5, 5.41) is 40.4. The molecule has 1 heterocycles. The zero-order chi connectivity index (χ0) is 29.7. The van der Waals surface area contributed by atoms with Gasteiger partial charge in [-0.25, -0.2) is 0 Å². The van der Waals surface area contributed by atoms with Crippen LogP contribution in [0.4, 0.5) is 0 Å². The monoisotopic (exact) mass is 574 g/mol. The van der Waals surface area contributed by atoms with Gasteiger partial charge in [0.05, 0.1) is 12.7 Å². The van der Waals surface area contributed by atoms with Gasteiger partial charge in [-0.1, -0.05) is 65.3 Å². The number of rotatable bonds is 8. The summed E-state index contributed by atoms with van der Waals surface area (Å²) in [4.78, 5) is 0. The van der Waals surface area contributed by atoms with Gasteiger partial charge in [0, 0.05) is 0 Å². The van der Waals surface area contributed by atoms with E-state index in [2.05, 4.69) is 59.8 Å². The molecule has 5 aliphatic rings. The SMILES string of the molecule is CC[C@H](/C=C/[C@@H](C)C1CCC2C3=CCC4C[C@@H](OC5OC(CO)C(O)C(O)C5O)CC[C@]4(C)C3CC[C@@]21C)C(C)C. The van der Waals surface area contributed by atoms with Crippen molar-refractivity contribution in [2.45, 2.75) is 136 Å². The molecule has 0 aromatic rings. The molecule has 14 atom stereocenters. The number of aliphatic hydroxyl groups excluding tert-OH is 4. The van der Waals surface area contributed by atoms with Crippen molar-refractivity contribution < 1.29 is 29.9 Å². The van der Waals surface area contributed by atoms with Crippen LogP contribution in [0.1, 0.15) is 99.3 Å². The van der Waals surface area contributed by atoms with Crippen LogP contribution in [-0.4, -0.2) is 63.8 Å². The Labute approximate surface area is 248 Å². The van der Waals surface area contributed by atoms with Crippen LogP contribution in [0.3, 0.4) is 0 Å². The van der Waals surface area contributed by atoms with Crippen molar-refractivity contribution in [3.05, 3.63) is 23.8 Å². The standard InChI is InChI=1S/C35H58O6/c1-7-22(20(2)3)9-8-21(4)26-12-13-27-25-11-10-23-18-24(14-16-34(23,5)28(25)15-17-35(26,27)6)40-33-32(39)31(38)30(37)29(19-36)41-33/h8-9,11,20-24,26-33,36-39H,7,10,12-19H2,1-6H3/b9-8+/t21-,22-,23?,24+,26?,27?,28?,29?,30?,31?,32?,33?,34+,35-/m1/s1. The summed E-state index contributed by atoms with van der Waals surface area (Å²) in [5.74, 6) is 4.61. The summed E-state index contributed by atoms with van der Waals surface area (Å²) in [6, 6.07) is 0. The van der Waals surface area contributed by atoms with Crippen molar-refractivity contribution in [1.29, 1.82) is 0 Å². The maximum absolute atomic E-state index is 10.5. The quantitative estimate of drug-likeness (QED) is 0.281. The van der Waals surface area contributed by atoms with Crippen LogP contribution in [0.25, 0.3) is 0 Å². The second-order valence-electron chi connectivity index (χ2n) is 15.3. The van der Waals surface area contributed by atoms with Crippen LogP contribution in [0, 0.1) is 52.3 Å². The first-order valence-corrected chi connectivity index (χ1v) is 16.8. The average Bonchev–Trinajstić information content (AvgIpc) is 3.30. The highest BCUT2D eigenvalue weighted by Crippen LogP contribution is 2.67. The summed E-state index contributed by atoms with van der Waals surface area (Å²) in [6.07, 6.45) is 12.0. The Balaban J connectivity index is 1.26. The molecule has 1 saturated heterocycles. The van der Waals surface area contributed by atoms with Crippen LogP contribution in [0.15, 0.2) is 23.8 Å². The lowest BCUT2D eigenvalue weighted by atomic mass is 9.47. The minimum absolute atomic E-state index is 0.0698. The highest BCUT2D eigenvalue weighted by atomic mass is 16.7. The molecule has 6 nitrogen and oxygen atoms in total. The normalized spacial score (nSPS) is 47.9. The van der Waals surface area contributed by atoms with Gasteiger partial charge in [0.25, 0.3) is 0 Å². The molecule has 4 N–H and O–H groups in total. The molecule has 3 saturated carbocycles. The Bertz CT molecular complexity index is 960. The number of aliphatic hydroxyl groups is 4. The highest BCUT2D eigenvalue weighted by Gasteiger charge is 2.58. The summed E-state index contributed by atoms with van der Waals surface area (Å²) in [6.45, 7) is 14.2. The van der Waals surface area contributed by atoms with Crippen LogP contribution in [-0.2, 0) is 9.47 Å². The van der Waals surface area contributed by atoms with E-state index in [0.29, 0.717) is 40.9 Å². The molecule has 0 spiro atoms. The van der Waals surface area contributed by atoms with Crippen molar-refractivity contribution in [2.75, 3.05) is 6.61 Å². The fourth-order valence-corrected chi connectivity index (χ4v) is 10.2. The van der Waals surface area contributed by atoms with E-state index in [9.17, 15) is 20.4 Å². The number of allylic oxidation sites excluding steroid dienone is 4. The van der Waals surface area contributed by atoms with Crippen molar-refractivity contribution in [3.8, 4) is 0 Å². The summed E-state index contributed by atoms with van der Waals surface area (Å²) < 4.78 is 11.9. The van der Waals surface area contributed by atoms with E-state index in [1.165, 1.54) is 32.1 Å². The van der Waals surface area contributed by atoms with E-state index >= 15 is 0 Å². The Morgan fingerprint density at radius 2 is 1.66 bits per heavy atom. The summed E-state index contributed by atoms with van der Waals surface area (Å²) in [5.41, 5.74) is 2.41. The first-order chi connectivity index (χ1) is 19.4. The number of ether oxygens (including phenoxy) is 2. The fraction of sp³-hybridized carbons (Fsp3) is 0.886. The zero-order valence-corrected chi connectivity index (χ0v) is 26.4. The Kier molecular flexibility index (Phi) is 9.51. The number of hydrogen-bond acceptors (Lipinski definition) is 6. The van der Waals surface area contributed by atoms with Gasteiger partial charge in [0.15, 0.2) is 6.29 Å². The molecule has 5 rings (SSSR count). The van der Waals surface area contributed by atoms with Gasteiger partial charge < -0.3 is 29.9 Å². The predicted octanol–water partition coefficient (Wildman–Crippen LogP) is 5.63. The van der Waals surface area contributed by atoms with E-state index in [0.717, 1.165) is 31.6 Å². The van der Waals surface area contributed by atoms with Gasteiger partial charge in [-0.05, 0) is 110 Å². The lowest BCUT2D eigenvalue weighted by Gasteiger charge is -2.58. The lowest BCUT2D eigenvalue weighted by Crippen LogP contribution is -2.60. The van der Waals surface area contributed by atoms with E-state index in [1.54, 1.807) is 5.57 Å². The Hall–Kier alpha value is -0.760. The van der Waals surface area contributed by atoms with Gasteiger partial charge in [-0.3, -0.25) is 0 Å². The number of hydrogen-bond donors (Lipinski definition) is 4. The van der Waals surface area contributed by atoms with Crippen LogP contribution in [0.5, 0.6) is 0 Å². The summed E-state index contributed by atoms with van der Waals surface area (Å²) in [7, 11) is 0. The third kappa shape index (κ3) is 5.64. The van der Waals surface area contributed by atoms with Crippen molar-refractivity contribution in [3.63, 3.8) is 0 Å². The largest absolute Gasteiger partial charge is 0.394 e. The molecule has 4 aliphatic carbocycles. The predicted molar refractivity (Wildman–Crippen MR) is 161 cm³/mol. The Morgan fingerprint density at radius 1 is 0.951 bits per heavy atom. The average molecular weight is 575 g/mol. The van der Waals surface area contributed by atoms with Crippen molar-refractivity contribution >= 4 is 0 Å². The van der Waals surface area contributed by atoms with E-state index in [4.69, 9.17) is 9.47 Å². The van der Waals surface area contributed by atoms with Crippen LogP contribution in [0.2, 0.25) is 0 Å². The van der Waals surface area contributed by atoms with Crippen molar-refractivity contribution in [1.82, 2.24) is 0 Å². The van der Waals surface area contributed by atoms with Crippen LogP contribution < -0.4 is 0 Å². The molecule has 0 bridgehead atoms. The molecule has 0 aromatic heterocycles. The van der Waals surface area contributed by atoms with Gasteiger partial charge in [-0.15, -0.1) is 0 Å². The minimum Gasteiger partial charge on any atom is -0.394 e. The van der Waals surface area contributed by atoms with Gasteiger partial charge in [0.2, 0.25) is 0 Å². The molecular formula is C35H58O6. The van der Waals surface area contributed by atoms with Crippen molar-refractivity contribution in [2.24, 2.45) is 52.3 Å². The molecule has 0 amide bonds. The number of fused-ring (bicyclic) bond motifs is 5. The van der Waals surface area contributed by atoms with E-state index in [-0.39, 0.29) is 11.5 Å². The Morgan fingerprint density at radius 3 is 2.34 bits per heavy atom. The fourth-order valence-electron chi connectivity index (χ4n) is 10.2. The smallest absolute Gasteiger partial charge is 0.186 e. The second-order valence-corrected chi connectivity index (χ2v) is 15.3. The molecule has 9 unspecified atom stereocenters. The summed E-state index contributed by atoms with van der Waals surface area (Å²) >= 11 is 0. The van der Waals surface area contributed by atoms with Gasteiger partial charge >= 0.3 is 0 Å². The lowest BCUT2D eigenvalue weighted by molar-refractivity contribution is -0.315. The first kappa shape index (κ1) is 31.7. The third-order valence-electron chi connectivity index (χ3n) is 12.9. The van der Waals surface area contributed by atoms with Crippen LogP contribution >= 0.6 is 0 Å². The zero-order valence-electron chi connectivity index (χ0n) is 26.4. The maximum atomic E-state index is 10.5. The molecular weight excluding hydrogens is 516 g/mol. The second kappa shape index (κ2) is 12.3. The molecule has 41 heavy (non-hydrogen) atoms. The molecule has 4 fully saturated rings. The van der Waals surface area contributed by atoms with Gasteiger partial charge in [0.1, 0.15) is 24.4 Å². The molecule has 1 aliphatic heterocycles. The molecule has 234 valence electrons. The molecule has 6 heteroatoms. The maximum Gasteiger partial charge on any atom is 0.186 e. The molecule has 0 radical (unpaired) electrons. The minimum atomic E-state index is -1.40. The molecule has 0 aromatic carbocycles. The first-order valence-electron chi connectivity index (χ1n) is 16.8. The van der Waals surface area contributed by atoms with Gasteiger partial charge in [-0.2, -0.15) is 0 Å². The highest BCUT2D eigenvalue weighted by molar-refractivity contribution is 5.28. The van der Waals surface area contributed by atoms with E-state index < -0.39 is 37.3 Å². The topological polar surface area (TPSA) is 99.4 Å². The third-order valence-corrected chi connectivity index (χ3v) is 12.9. The van der Waals surface area contributed by atoms with E-state index in [1.807, 2.05) is 0 Å².